The molecule has 2 heterocycles. The molecule has 178 valence electrons. The van der Waals surface area contributed by atoms with Crippen LogP contribution in [0.1, 0.15) is 47.7 Å². The molecule has 2 amide bonds. The van der Waals surface area contributed by atoms with Crippen molar-refractivity contribution in [3.05, 3.63) is 70.4 Å². The van der Waals surface area contributed by atoms with E-state index in [2.05, 4.69) is 75.2 Å². The topological polar surface area (TPSA) is 61.4 Å². The van der Waals surface area contributed by atoms with Crippen molar-refractivity contribution in [1.82, 2.24) is 14.9 Å². The summed E-state index contributed by atoms with van der Waals surface area (Å²) in [6.45, 7) is 15.4. The van der Waals surface area contributed by atoms with Crippen LogP contribution in [0, 0.1) is 27.7 Å². The minimum atomic E-state index is -0.0448. The van der Waals surface area contributed by atoms with Crippen molar-refractivity contribution >= 4 is 17.5 Å². The van der Waals surface area contributed by atoms with Crippen LogP contribution in [0.5, 0.6) is 0 Å². The average Bonchev–Trinajstić information content (AvgIpc) is 2.81. The maximum Gasteiger partial charge on any atom is 0.321 e. The summed E-state index contributed by atoms with van der Waals surface area (Å²) in [5, 5.41) is 3.09. The van der Waals surface area contributed by atoms with Crippen LogP contribution in [0.3, 0.4) is 0 Å². The Morgan fingerprint density at radius 1 is 0.912 bits per heavy atom. The van der Waals surface area contributed by atoms with Crippen molar-refractivity contribution in [2.45, 2.75) is 47.5 Å². The highest BCUT2D eigenvalue weighted by Crippen LogP contribution is 2.31. The number of urea groups is 1. The van der Waals surface area contributed by atoms with Crippen LogP contribution in [0.15, 0.2) is 42.5 Å². The Bertz CT molecular complexity index is 1180. The molecule has 1 saturated heterocycles. The summed E-state index contributed by atoms with van der Waals surface area (Å²) >= 11 is 0. The number of nitrogens with one attached hydrogen (secondary N) is 1. The van der Waals surface area contributed by atoms with Gasteiger partial charge in [0.1, 0.15) is 5.82 Å². The van der Waals surface area contributed by atoms with Gasteiger partial charge in [-0.1, -0.05) is 55.8 Å². The van der Waals surface area contributed by atoms with Crippen LogP contribution in [0.2, 0.25) is 0 Å². The van der Waals surface area contributed by atoms with Gasteiger partial charge in [-0.2, -0.15) is 0 Å². The summed E-state index contributed by atoms with van der Waals surface area (Å²) in [4.78, 5) is 27.0. The number of aromatic nitrogens is 2. The lowest BCUT2D eigenvalue weighted by Crippen LogP contribution is -2.50. The number of hydrogen-bond donors (Lipinski definition) is 1. The molecule has 1 aliphatic heterocycles. The van der Waals surface area contributed by atoms with Crippen LogP contribution in [0.25, 0.3) is 11.4 Å². The van der Waals surface area contributed by atoms with Gasteiger partial charge in [-0.05, 0) is 50.8 Å². The molecule has 2 aromatic carbocycles. The number of carbonyl (C=O) groups excluding carboxylic acids is 1. The molecule has 0 spiro atoms. The van der Waals surface area contributed by atoms with Gasteiger partial charge in [0, 0.05) is 48.7 Å². The molecule has 6 nitrogen and oxygen atoms in total. The maximum atomic E-state index is 12.9. The van der Waals surface area contributed by atoms with Gasteiger partial charge in [0.25, 0.3) is 0 Å². The Balaban J connectivity index is 1.53. The number of anilines is 2. The lowest BCUT2D eigenvalue weighted by Gasteiger charge is -2.37. The molecular formula is C28H35N5O. The quantitative estimate of drug-likeness (QED) is 0.533. The van der Waals surface area contributed by atoms with E-state index in [4.69, 9.17) is 9.97 Å². The van der Waals surface area contributed by atoms with Crippen LogP contribution >= 0.6 is 0 Å². The molecule has 0 radical (unpaired) electrons. The summed E-state index contributed by atoms with van der Waals surface area (Å²) < 4.78 is 0. The van der Waals surface area contributed by atoms with E-state index in [1.807, 2.05) is 24.0 Å². The summed E-state index contributed by atoms with van der Waals surface area (Å²) in [5.74, 6) is 2.06. The summed E-state index contributed by atoms with van der Waals surface area (Å²) in [7, 11) is 0. The number of nitrogens with zero attached hydrogens (tertiary/aromatic N) is 4. The number of hydrogen-bond acceptors (Lipinski definition) is 4. The second kappa shape index (κ2) is 9.84. The minimum Gasteiger partial charge on any atom is -0.353 e. The van der Waals surface area contributed by atoms with E-state index in [1.165, 1.54) is 16.7 Å². The molecule has 0 bridgehead atoms. The number of rotatable bonds is 4. The zero-order valence-electron chi connectivity index (χ0n) is 21.1. The van der Waals surface area contributed by atoms with Crippen molar-refractivity contribution in [3.8, 4) is 11.4 Å². The normalized spacial score (nSPS) is 14.0. The van der Waals surface area contributed by atoms with Gasteiger partial charge in [0.15, 0.2) is 5.82 Å². The Morgan fingerprint density at radius 3 is 2.24 bits per heavy atom. The van der Waals surface area contributed by atoms with Crippen molar-refractivity contribution in [3.63, 3.8) is 0 Å². The van der Waals surface area contributed by atoms with E-state index < -0.39 is 0 Å². The van der Waals surface area contributed by atoms with E-state index in [9.17, 15) is 4.79 Å². The molecule has 4 rings (SSSR count). The molecule has 0 unspecified atom stereocenters. The molecule has 34 heavy (non-hydrogen) atoms. The molecule has 1 aliphatic rings. The highest BCUT2D eigenvalue weighted by atomic mass is 16.2. The Labute approximate surface area is 203 Å². The highest BCUT2D eigenvalue weighted by Gasteiger charge is 2.26. The maximum absolute atomic E-state index is 12.9. The fourth-order valence-corrected chi connectivity index (χ4v) is 4.52. The number of piperazine rings is 1. The van der Waals surface area contributed by atoms with E-state index in [0.29, 0.717) is 19.0 Å². The van der Waals surface area contributed by atoms with E-state index >= 15 is 0 Å². The van der Waals surface area contributed by atoms with Crippen molar-refractivity contribution in [2.75, 3.05) is 36.4 Å². The summed E-state index contributed by atoms with van der Waals surface area (Å²) in [6.07, 6.45) is 0. The fourth-order valence-electron chi connectivity index (χ4n) is 4.52. The third kappa shape index (κ3) is 4.91. The molecular weight excluding hydrogens is 422 g/mol. The largest absolute Gasteiger partial charge is 0.353 e. The van der Waals surface area contributed by atoms with Crippen LogP contribution in [-0.4, -0.2) is 47.1 Å². The van der Waals surface area contributed by atoms with Crippen LogP contribution in [0.4, 0.5) is 16.3 Å². The van der Waals surface area contributed by atoms with Gasteiger partial charge in [0.2, 0.25) is 0 Å². The van der Waals surface area contributed by atoms with Crippen LogP contribution in [-0.2, 0) is 0 Å². The van der Waals surface area contributed by atoms with Crippen molar-refractivity contribution in [1.29, 1.82) is 0 Å². The Hall–Kier alpha value is -3.41. The predicted molar refractivity (Wildman–Crippen MR) is 140 cm³/mol. The lowest BCUT2D eigenvalue weighted by molar-refractivity contribution is 0.208. The first kappa shape index (κ1) is 23.7. The molecule has 6 heteroatoms. The van der Waals surface area contributed by atoms with Gasteiger partial charge < -0.3 is 15.1 Å². The monoisotopic (exact) mass is 457 g/mol. The zero-order valence-corrected chi connectivity index (χ0v) is 21.1. The standard InChI is InChI=1S/C28H35N5O/c1-18(2)25-22(6)29-26(23-12-10-19(3)11-13-23)31-27(25)32-14-16-33(17-15-32)28(34)30-24-9-7-8-20(4)21(24)5/h7-13,18H,14-17H2,1-6H3,(H,30,34). The molecule has 1 aromatic heterocycles. The first-order valence-corrected chi connectivity index (χ1v) is 12.1. The van der Waals surface area contributed by atoms with E-state index in [-0.39, 0.29) is 6.03 Å². The highest BCUT2D eigenvalue weighted by molar-refractivity contribution is 5.90. The summed E-state index contributed by atoms with van der Waals surface area (Å²) in [6, 6.07) is 14.3. The van der Waals surface area contributed by atoms with Gasteiger partial charge in [-0.3, -0.25) is 0 Å². The third-order valence-corrected chi connectivity index (χ3v) is 6.72. The first-order valence-electron chi connectivity index (χ1n) is 12.1. The molecule has 1 fully saturated rings. The van der Waals surface area contributed by atoms with Crippen LogP contribution < -0.4 is 10.2 Å². The van der Waals surface area contributed by atoms with Gasteiger partial charge in [0.05, 0.1) is 0 Å². The number of carbonyl (C=O) groups is 1. The zero-order chi connectivity index (χ0) is 24.4. The van der Waals surface area contributed by atoms with E-state index in [0.717, 1.165) is 47.2 Å². The molecule has 0 atom stereocenters. The lowest BCUT2D eigenvalue weighted by atomic mass is 10.0. The first-order chi connectivity index (χ1) is 16.2. The predicted octanol–water partition coefficient (Wildman–Crippen LogP) is 5.85. The number of benzene rings is 2. The number of aryl methyl sites for hydroxylation is 3. The van der Waals surface area contributed by atoms with Gasteiger partial charge in [-0.15, -0.1) is 0 Å². The SMILES string of the molecule is Cc1ccc(-c2nc(C)c(C(C)C)c(N3CCN(C(=O)Nc4cccc(C)c4C)CC3)n2)cc1. The van der Waals surface area contributed by atoms with Crippen molar-refractivity contribution in [2.24, 2.45) is 0 Å². The fraction of sp³-hybridized carbons (Fsp3) is 0.393. The molecule has 1 N–H and O–H groups in total. The average molecular weight is 458 g/mol. The van der Waals surface area contributed by atoms with Gasteiger partial charge in [-0.25, -0.2) is 14.8 Å². The van der Waals surface area contributed by atoms with E-state index in [1.54, 1.807) is 0 Å². The summed E-state index contributed by atoms with van der Waals surface area (Å²) in [5.41, 5.74) is 7.61. The Morgan fingerprint density at radius 2 is 1.59 bits per heavy atom. The van der Waals surface area contributed by atoms with Gasteiger partial charge >= 0.3 is 6.03 Å². The van der Waals surface area contributed by atoms with Crippen molar-refractivity contribution < 1.29 is 4.79 Å². The molecule has 0 aliphatic carbocycles. The second-order valence-corrected chi connectivity index (χ2v) is 9.54. The third-order valence-electron chi connectivity index (χ3n) is 6.72. The molecule has 3 aromatic rings. The second-order valence-electron chi connectivity index (χ2n) is 9.54. The molecule has 0 saturated carbocycles. The Kier molecular flexibility index (Phi) is 6.87. The minimum absolute atomic E-state index is 0.0448. The number of amides is 2. The smallest absolute Gasteiger partial charge is 0.321 e.